The minimum atomic E-state index is -1.03. The van der Waals surface area contributed by atoms with Crippen molar-refractivity contribution in [2.75, 3.05) is 18.8 Å². The molecule has 1 aliphatic rings. The standard InChI is InChI=1S/C13H14N2O4/c14-9-4-3-8(7-2-1-5-15-6-7)10-11(9)19-13(17)12(16)18-10/h3-4,7,15H,1-2,5-6,14H2/t7-/m1/s1. The third kappa shape index (κ3) is 2.04. The highest BCUT2D eigenvalue weighted by Crippen LogP contribution is 2.31. The number of nitrogens with one attached hydrogen (secondary N) is 1. The quantitative estimate of drug-likeness (QED) is 0.582. The molecule has 1 aliphatic heterocycles. The van der Waals surface area contributed by atoms with Gasteiger partial charge in [-0.25, -0.2) is 9.59 Å². The predicted octanol–water partition coefficient (Wildman–Crippen LogP) is 0.795. The Balaban J connectivity index is 2.25. The van der Waals surface area contributed by atoms with Crippen molar-refractivity contribution < 1.29 is 8.83 Å². The van der Waals surface area contributed by atoms with Crippen LogP contribution in [0.4, 0.5) is 5.69 Å². The van der Waals surface area contributed by atoms with Crippen molar-refractivity contribution in [2.45, 2.75) is 18.8 Å². The van der Waals surface area contributed by atoms with Crippen LogP contribution in [-0.2, 0) is 0 Å². The summed E-state index contributed by atoms with van der Waals surface area (Å²) in [6.45, 7) is 1.80. The van der Waals surface area contributed by atoms with E-state index in [9.17, 15) is 9.59 Å². The Kier molecular flexibility index (Phi) is 2.87. The normalized spacial score (nSPS) is 19.7. The Hall–Kier alpha value is -2.08. The smallest absolute Gasteiger partial charge is 0.414 e. The molecular weight excluding hydrogens is 248 g/mol. The van der Waals surface area contributed by atoms with Crippen molar-refractivity contribution in [3.8, 4) is 0 Å². The van der Waals surface area contributed by atoms with E-state index in [0.29, 0.717) is 11.3 Å². The molecule has 3 N–H and O–H groups in total. The van der Waals surface area contributed by atoms with E-state index in [1.165, 1.54) is 0 Å². The maximum absolute atomic E-state index is 11.3. The second kappa shape index (κ2) is 4.55. The average Bonchev–Trinajstić information content (AvgIpc) is 2.42. The van der Waals surface area contributed by atoms with Gasteiger partial charge in [-0.2, -0.15) is 0 Å². The number of benzene rings is 1. The first-order valence-electron chi connectivity index (χ1n) is 6.24. The van der Waals surface area contributed by atoms with Gasteiger partial charge in [-0.1, -0.05) is 6.07 Å². The van der Waals surface area contributed by atoms with E-state index >= 15 is 0 Å². The fraction of sp³-hybridized carbons (Fsp3) is 0.385. The molecule has 0 radical (unpaired) electrons. The molecule has 0 aliphatic carbocycles. The van der Waals surface area contributed by atoms with E-state index in [4.69, 9.17) is 14.6 Å². The van der Waals surface area contributed by atoms with Crippen LogP contribution in [0.5, 0.6) is 0 Å². The van der Waals surface area contributed by atoms with Crippen molar-refractivity contribution >= 4 is 16.9 Å². The van der Waals surface area contributed by atoms with Gasteiger partial charge in [0.05, 0.1) is 5.69 Å². The molecule has 1 aromatic carbocycles. The summed E-state index contributed by atoms with van der Waals surface area (Å²) in [7, 11) is 0. The van der Waals surface area contributed by atoms with Crippen molar-refractivity contribution in [3.05, 3.63) is 38.5 Å². The Morgan fingerprint density at radius 1 is 1.16 bits per heavy atom. The lowest BCUT2D eigenvalue weighted by Gasteiger charge is -2.23. The molecular formula is C13H14N2O4. The topological polar surface area (TPSA) is 98.5 Å². The molecule has 2 aromatic rings. The van der Waals surface area contributed by atoms with Gasteiger partial charge < -0.3 is 19.9 Å². The lowest BCUT2D eigenvalue weighted by Crippen LogP contribution is -2.29. The van der Waals surface area contributed by atoms with Crippen molar-refractivity contribution in [1.29, 1.82) is 0 Å². The zero-order valence-electron chi connectivity index (χ0n) is 10.3. The first-order chi connectivity index (χ1) is 9.16. The summed E-state index contributed by atoms with van der Waals surface area (Å²) in [5.41, 5.74) is 5.34. The summed E-state index contributed by atoms with van der Waals surface area (Å²) in [5, 5.41) is 3.30. The molecule has 0 spiro atoms. The minimum absolute atomic E-state index is 0.160. The van der Waals surface area contributed by atoms with Crippen LogP contribution in [0.15, 0.2) is 30.6 Å². The highest BCUT2D eigenvalue weighted by atomic mass is 16.5. The molecule has 0 amide bonds. The lowest BCUT2D eigenvalue weighted by molar-refractivity contribution is 0.431. The van der Waals surface area contributed by atoms with Crippen LogP contribution in [0.3, 0.4) is 0 Å². The Bertz CT molecular complexity index is 725. The molecule has 3 rings (SSSR count). The van der Waals surface area contributed by atoms with Gasteiger partial charge in [-0.15, -0.1) is 0 Å². The van der Waals surface area contributed by atoms with Crippen LogP contribution in [0.2, 0.25) is 0 Å². The van der Waals surface area contributed by atoms with Gasteiger partial charge in [0.1, 0.15) is 0 Å². The minimum Gasteiger partial charge on any atom is -0.414 e. The summed E-state index contributed by atoms with van der Waals surface area (Å²) < 4.78 is 10.0. The van der Waals surface area contributed by atoms with E-state index in [-0.39, 0.29) is 11.5 Å². The second-order valence-electron chi connectivity index (χ2n) is 4.72. The maximum Gasteiger partial charge on any atom is 0.423 e. The molecule has 6 nitrogen and oxygen atoms in total. The van der Waals surface area contributed by atoms with E-state index in [1.54, 1.807) is 6.07 Å². The maximum atomic E-state index is 11.3. The van der Waals surface area contributed by atoms with Gasteiger partial charge in [0.25, 0.3) is 0 Å². The molecule has 1 saturated heterocycles. The SMILES string of the molecule is Nc1ccc([C@@H]2CCCNC2)c2oc(=O)c(=O)oc12. The Labute approximate surface area is 108 Å². The third-order valence-electron chi connectivity index (χ3n) is 3.47. The van der Waals surface area contributed by atoms with Crippen molar-refractivity contribution in [3.63, 3.8) is 0 Å². The number of nitrogens with two attached hydrogens (primary N) is 1. The molecule has 0 bridgehead atoms. The summed E-state index contributed by atoms with van der Waals surface area (Å²) in [4.78, 5) is 22.6. The van der Waals surface area contributed by atoms with Gasteiger partial charge in [0.2, 0.25) is 0 Å². The number of anilines is 1. The summed E-state index contributed by atoms with van der Waals surface area (Å²) in [6.07, 6.45) is 2.05. The number of piperidine rings is 1. The second-order valence-corrected chi connectivity index (χ2v) is 4.72. The molecule has 100 valence electrons. The molecule has 1 fully saturated rings. The Morgan fingerprint density at radius 3 is 2.58 bits per heavy atom. The number of hydrogen-bond donors (Lipinski definition) is 2. The molecule has 6 heteroatoms. The van der Waals surface area contributed by atoms with Crippen LogP contribution >= 0.6 is 0 Å². The van der Waals surface area contributed by atoms with Crippen molar-refractivity contribution in [2.24, 2.45) is 0 Å². The predicted molar refractivity (Wildman–Crippen MR) is 70.3 cm³/mol. The number of fused-ring (bicyclic) bond motifs is 1. The fourth-order valence-electron chi connectivity index (χ4n) is 2.51. The average molecular weight is 262 g/mol. The highest BCUT2D eigenvalue weighted by molar-refractivity contribution is 5.85. The van der Waals surface area contributed by atoms with Crippen LogP contribution in [0.1, 0.15) is 24.3 Å². The zero-order chi connectivity index (χ0) is 13.4. The van der Waals surface area contributed by atoms with Crippen LogP contribution in [0, 0.1) is 0 Å². The molecule has 19 heavy (non-hydrogen) atoms. The zero-order valence-corrected chi connectivity index (χ0v) is 10.3. The van der Waals surface area contributed by atoms with Gasteiger partial charge in [0.15, 0.2) is 11.2 Å². The monoisotopic (exact) mass is 262 g/mol. The van der Waals surface area contributed by atoms with Crippen molar-refractivity contribution in [1.82, 2.24) is 5.32 Å². The van der Waals surface area contributed by atoms with E-state index in [0.717, 1.165) is 31.5 Å². The molecule has 1 aromatic heterocycles. The molecule has 1 atom stereocenters. The molecule has 0 unspecified atom stereocenters. The largest absolute Gasteiger partial charge is 0.423 e. The van der Waals surface area contributed by atoms with Gasteiger partial charge in [-0.05, 0) is 25.5 Å². The van der Waals surface area contributed by atoms with Gasteiger partial charge >= 0.3 is 11.3 Å². The number of rotatable bonds is 1. The first-order valence-corrected chi connectivity index (χ1v) is 6.24. The third-order valence-corrected chi connectivity index (χ3v) is 3.47. The number of hydrogen-bond acceptors (Lipinski definition) is 6. The van der Waals surface area contributed by atoms with Crippen LogP contribution < -0.4 is 22.3 Å². The van der Waals surface area contributed by atoms with E-state index in [1.807, 2.05) is 6.07 Å². The fourth-order valence-corrected chi connectivity index (χ4v) is 2.51. The van der Waals surface area contributed by atoms with Gasteiger partial charge in [-0.3, -0.25) is 0 Å². The first kappa shape index (κ1) is 12.0. The Morgan fingerprint density at radius 2 is 1.89 bits per heavy atom. The van der Waals surface area contributed by atoms with Crippen LogP contribution in [-0.4, -0.2) is 13.1 Å². The highest BCUT2D eigenvalue weighted by Gasteiger charge is 2.21. The summed E-state index contributed by atoms with van der Waals surface area (Å²) in [5.74, 6) is 0.229. The van der Waals surface area contributed by atoms with Gasteiger partial charge in [0, 0.05) is 18.0 Å². The molecule has 2 heterocycles. The van der Waals surface area contributed by atoms with E-state index < -0.39 is 11.3 Å². The summed E-state index contributed by atoms with van der Waals surface area (Å²) in [6, 6.07) is 3.51. The van der Waals surface area contributed by atoms with E-state index in [2.05, 4.69) is 5.32 Å². The lowest BCUT2D eigenvalue weighted by atomic mass is 9.91. The molecule has 0 saturated carbocycles. The van der Waals surface area contributed by atoms with Crippen LogP contribution in [0.25, 0.3) is 11.2 Å². The summed E-state index contributed by atoms with van der Waals surface area (Å²) >= 11 is 0. The number of nitrogen functional groups attached to an aromatic ring is 1.